The number of hydrogen-bond acceptors (Lipinski definition) is 16. The summed E-state index contributed by atoms with van der Waals surface area (Å²) in [6, 6.07) is 4.86. The molecule has 4 fully saturated rings. The summed E-state index contributed by atoms with van der Waals surface area (Å²) in [7, 11) is 0. The topological polar surface area (TPSA) is 210 Å². The lowest BCUT2D eigenvalue weighted by Gasteiger charge is -2.30. The molecule has 0 N–H and O–H groups in total. The minimum atomic E-state index is -0.481. The number of ether oxygens (including phenoxy) is 8. The van der Waals surface area contributed by atoms with E-state index in [0.717, 1.165) is 12.2 Å². The molecule has 5 rings (SSSR count). The molecule has 0 saturated heterocycles. The predicted molar refractivity (Wildman–Crippen MR) is 240 cm³/mol. The molecule has 0 heterocycles. The van der Waals surface area contributed by atoms with Gasteiger partial charge in [-0.15, -0.1) is 0 Å². The van der Waals surface area contributed by atoms with Crippen molar-refractivity contribution in [3.63, 3.8) is 0 Å². The van der Waals surface area contributed by atoms with E-state index in [1.807, 2.05) is 0 Å². The van der Waals surface area contributed by atoms with Gasteiger partial charge in [0.25, 0.3) is 0 Å². The summed E-state index contributed by atoms with van der Waals surface area (Å²) in [6.45, 7) is 9.45. The van der Waals surface area contributed by atoms with Crippen LogP contribution in [-0.4, -0.2) is 86.4 Å². The van der Waals surface area contributed by atoms with Crippen molar-refractivity contribution in [1.82, 2.24) is 0 Å². The maximum absolute atomic E-state index is 13.2. The molecule has 4 aliphatic carbocycles. The molecular formula is C51H68O16. The Morgan fingerprint density at radius 1 is 0.448 bits per heavy atom. The van der Waals surface area contributed by atoms with Crippen molar-refractivity contribution in [1.29, 1.82) is 0 Å². The summed E-state index contributed by atoms with van der Waals surface area (Å²) < 4.78 is 43.8. The lowest BCUT2D eigenvalue weighted by molar-refractivity contribution is -0.161. The third kappa shape index (κ3) is 17.2. The summed E-state index contributed by atoms with van der Waals surface area (Å²) in [5.74, 6) is -3.88. The Morgan fingerprint density at radius 3 is 1.15 bits per heavy atom. The number of rotatable bonds is 22. The van der Waals surface area contributed by atoms with E-state index < -0.39 is 11.9 Å². The van der Waals surface area contributed by atoms with Crippen LogP contribution in [0.2, 0.25) is 0 Å². The van der Waals surface area contributed by atoms with E-state index in [1.54, 1.807) is 25.1 Å². The van der Waals surface area contributed by atoms with Crippen LogP contribution in [-0.2, 0) is 66.8 Å². The Morgan fingerprint density at radius 2 is 0.776 bits per heavy atom. The second-order valence-corrected chi connectivity index (χ2v) is 18.2. The smallest absolute Gasteiger partial charge is 0.330 e. The number of carbonyl (C=O) groups excluding carboxylic acids is 8. The predicted octanol–water partition coefficient (Wildman–Crippen LogP) is 7.73. The van der Waals surface area contributed by atoms with Crippen molar-refractivity contribution >= 4 is 47.8 Å². The fourth-order valence-corrected chi connectivity index (χ4v) is 9.13. The van der Waals surface area contributed by atoms with Gasteiger partial charge in [-0.05, 0) is 159 Å². The van der Waals surface area contributed by atoms with Crippen molar-refractivity contribution in [2.75, 3.05) is 26.4 Å². The first kappa shape index (κ1) is 52.4. The number of unbranched alkanes of at least 4 members (excludes halogenated alkanes) is 2. The van der Waals surface area contributed by atoms with Gasteiger partial charge in [0.2, 0.25) is 0 Å². The minimum absolute atomic E-state index is 0.235. The zero-order valence-corrected chi connectivity index (χ0v) is 38.9. The summed E-state index contributed by atoms with van der Waals surface area (Å²) in [4.78, 5) is 99.5. The largest absolute Gasteiger partial charge is 0.465 e. The molecule has 0 unspecified atom stereocenters. The molecule has 0 aliphatic heterocycles. The van der Waals surface area contributed by atoms with Crippen molar-refractivity contribution in [2.24, 2.45) is 35.5 Å². The van der Waals surface area contributed by atoms with Gasteiger partial charge in [-0.2, -0.15) is 0 Å². The van der Waals surface area contributed by atoms with Crippen LogP contribution in [0.1, 0.15) is 134 Å². The van der Waals surface area contributed by atoms with Crippen LogP contribution in [0.25, 0.3) is 0 Å². The van der Waals surface area contributed by atoms with Gasteiger partial charge in [0.05, 0.1) is 61.9 Å². The van der Waals surface area contributed by atoms with Gasteiger partial charge in [-0.3, -0.25) is 28.8 Å². The molecule has 16 nitrogen and oxygen atoms in total. The average molecular weight is 937 g/mol. The Bertz CT molecular complexity index is 1870. The maximum Gasteiger partial charge on any atom is 0.330 e. The molecule has 0 amide bonds. The summed E-state index contributed by atoms with van der Waals surface area (Å²) in [6.07, 6.45) is 12.6. The van der Waals surface area contributed by atoms with Gasteiger partial charge >= 0.3 is 47.8 Å². The second-order valence-electron chi connectivity index (χ2n) is 18.2. The van der Waals surface area contributed by atoms with Crippen molar-refractivity contribution < 1.29 is 76.3 Å². The number of aryl methyl sites for hydroxylation is 1. The lowest BCUT2D eigenvalue weighted by Crippen LogP contribution is -2.33. The zero-order chi connectivity index (χ0) is 48.1. The molecule has 1 aromatic carbocycles. The van der Waals surface area contributed by atoms with E-state index in [4.69, 9.17) is 37.9 Å². The second kappa shape index (κ2) is 27.3. The van der Waals surface area contributed by atoms with E-state index in [9.17, 15) is 38.4 Å². The highest BCUT2D eigenvalue weighted by Crippen LogP contribution is 2.36. The van der Waals surface area contributed by atoms with Crippen LogP contribution in [0.3, 0.4) is 0 Å². The Balaban J connectivity index is 0.917. The van der Waals surface area contributed by atoms with Gasteiger partial charge in [-0.25, -0.2) is 9.59 Å². The molecule has 4 aliphatic rings. The minimum Gasteiger partial charge on any atom is -0.465 e. The van der Waals surface area contributed by atoms with Crippen LogP contribution >= 0.6 is 0 Å². The molecule has 368 valence electrons. The molecule has 0 aromatic heterocycles. The first-order valence-electron chi connectivity index (χ1n) is 24.2. The number of hydrogen-bond donors (Lipinski definition) is 0. The standard InChI is InChI=1S/C51H68O16/c1-4-44(52)60-28-6-8-30-62-46(54)34-18-22-40(23-19-34)64-48(56)36-10-12-38(13-11-36)50(58)66-42-26-27-43(33(3)32-42)67-51(59)39-16-14-37(15-17-39)49(57)65-41-24-20-35(21-25-41)47(55)63-31-9-7-29-61-45(53)5-2/h4-5,26-27,32,34-41H,1-2,6-25,28-31H2,3H3. The summed E-state index contributed by atoms with van der Waals surface area (Å²) in [5.41, 5.74) is 0.626. The quantitative estimate of drug-likeness (QED) is 0.0358. The van der Waals surface area contributed by atoms with E-state index >= 15 is 0 Å². The third-order valence-electron chi connectivity index (χ3n) is 13.3. The highest BCUT2D eigenvalue weighted by atomic mass is 16.6. The van der Waals surface area contributed by atoms with Crippen molar-refractivity contribution in [2.45, 2.75) is 148 Å². The number of esters is 8. The Labute approximate surface area is 393 Å². The normalized spacial score (nSPS) is 24.9. The lowest BCUT2D eigenvalue weighted by atomic mass is 9.82. The van der Waals surface area contributed by atoms with E-state index in [0.29, 0.717) is 145 Å². The van der Waals surface area contributed by atoms with Crippen LogP contribution in [0.5, 0.6) is 11.5 Å². The molecule has 0 spiro atoms. The summed E-state index contributed by atoms with van der Waals surface area (Å²) >= 11 is 0. The van der Waals surface area contributed by atoms with Gasteiger partial charge in [-0.1, -0.05) is 13.2 Å². The fourth-order valence-electron chi connectivity index (χ4n) is 9.13. The van der Waals surface area contributed by atoms with E-state index in [2.05, 4.69) is 13.2 Å². The monoisotopic (exact) mass is 936 g/mol. The van der Waals surface area contributed by atoms with Gasteiger partial charge in [0.15, 0.2) is 0 Å². The van der Waals surface area contributed by atoms with E-state index in [1.165, 1.54) is 0 Å². The number of carbonyl (C=O) groups is 8. The Hall–Kier alpha value is -5.54. The van der Waals surface area contributed by atoms with Crippen LogP contribution in [0, 0.1) is 42.4 Å². The van der Waals surface area contributed by atoms with Crippen LogP contribution < -0.4 is 9.47 Å². The van der Waals surface area contributed by atoms with Crippen molar-refractivity contribution in [3.05, 3.63) is 49.1 Å². The third-order valence-corrected chi connectivity index (χ3v) is 13.3. The maximum atomic E-state index is 13.2. The molecular weight excluding hydrogens is 869 g/mol. The molecule has 0 bridgehead atoms. The van der Waals surface area contributed by atoms with Gasteiger partial charge < -0.3 is 37.9 Å². The summed E-state index contributed by atoms with van der Waals surface area (Å²) in [5, 5.41) is 0. The van der Waals surface area contributed by atoms with Gasteiger partial charge in [0, 0.05) is 12.2 Å². The highest BCUT2D eigenvalue weighted by molar-refractivity contribution is 5.82. The molecule has 0 radical (unpaired) electrons. The average Bonchev–Trinajstić information content (AvgIpc) is 3.34. The molecule has 4 saturated carbocycles. The van der Waals surface area contributed by atoms with Crippen LogP contribution in [0.4, 0.5) is 0 Å². The van der Waals surface area contributed by atoms with Crippen LogP contribution in [0.15, 0.2) is 43.5 Å². The van der Waals surface area contributed by atoms with Gasteiger partial charge in [0.1, 0.15) is 23.7 Å². The molecule has 0 atom stereocenters. The zero-order valence-electron chi connectivity index (χ0n) is 38.9. The molecule has 16 heteroatoms. The number of benzene rings is 1. The molecule has 67 heavy (non-hydrogen) atoms. The highest BCUT2D eigenvalue weighted by Gasteiger charge is 2.37. The first-order chi connectivity index (χ1) is 32.3. The van der Waals surface area contributed by atoms with Crippen molar-refractivity contribution in [3.8, 4) is 11.5 Å². The SMILES string of the molecule is C=CC(=O)OCCCCOC(=O)C1CCC(OC(=O)C2CCC(C(=O)Oc3ccc(OC(=O)C4CCC(C(=O)OC5CCC(C(=O)OCCCCOC(=O)C=C)CC5)CC4)c(C)c3)CC2)CC1. The Kier molecular flexibility index (Phi) is 21.4. The fraction of sp³-hybridized carbons (Fsp3) is 0.647. The molecule has 1 aromatic rings. The van der Waals surface area contributed by atoms with E-state index in [-0.39, 0.29) is 110 Å². The first-order valence-corrected chi connectivity index (χ1v) is 24.2.